The first kappa shape index (κ1) is 12.9. The average Bonchev–Trinajstić information content (AvgIpc) is 2.29. The highest BCUT2D eigenvalue weighted by molar-refractivity contribution is 5.97. The number of hydrogen-bond acceptors (Lipinski definition) is 2. The largest absolute Gasteiger partial charge is 0.294 e. The van der Waals surface area contributed by atoms with Gasteiger partial charge in [0.05, 0.1) is 0 Å². The molecule has 0 aliphatic rings. The quantitative estimate of drug-likeness (QED) is 0.513. The Morgan fingerprint density at radius 3 is 2.69 bits per heavy atom. The summed E-state index contributed by atoms with van der Waals surface area (Å²) in [6.07, 6.45) is 10.0. The molecule has 1 rings (SSSR count). The molecule has 0 fully saturated rings. The normalized spacial score (nSPS) is 10.4. The van der Waals surface area contributed by atoms with Crippen molar-refractivity contribution in [2.24, 2.45) is 0 Å². The molecule has 0 N–H and O–H groups in total. The van der Waals surface area contributed by atoms with Crippen molar-refractivity contribution in [3.05, 3.63) is 29.6 Å². The van der Waals surface area contributed by atoms with Gasteiger partial charge in [0.2, 0.25) is 0 Å². The van der Waals surface area contributed by atoms with Crippen molar-refractivity contribution in [3.63, 3.8) is 0 Å². The van der Waals surface area contributed by atoms with Crippen molar-refractivity contribution < 1.29 is 4.79 Å². The Morgan fingerprint density at radius 2 is 2.00 bits per heavy atom. The summed E-state index contributed by atoms with van der Waals surface area (Å²) in [5.74, 6) is 0.238. The molecule has 0 saturated carbocycles. The van der Waals surface area contributed by atoms with Crippen LogP contribution in [0.4, 0.5) is 0 Å². The number of aromatic nitrogens is 1. The predicted octanol–water partition coefficient (Wildman–Crippen LogP) is 3.93. The highest BCUT2D eigenvalue weighted by Gasteiger charge is 2.07. The monoisotopic (exact) mass is 219 g/mol. The third-order valence-corrected chi connectivity index (χ3v) is 2.85. The minimum atomic E-state index is 0.238. The first-order valence-electron chi connectivity index (χ1n) is 6.19. The standard InChI is InChI=1S/C14H21NO/c1-3-4-5-6-7-8-14(16)13-11-15-10-9-12(13)2/h9-11H,3-8H2,1-2H3. The van der Waals surface area contributed by atoms with Crippen molar-refractivity contribution in [3.8, 4) is 0 Å². The van der Waals surface area contributed by atoms with Crippen LogP contribution in [-0.4, -0.2) is 10.8 Å². The summed E-state index contributed by atoms with van der Waals surface area (Å²) in [4.78, 5) is 15.9. The third-order valence-electron chi connectivity index (χ3n) is 2.85. The zero-order chi connectivity index (χ0) is 11.8. The summed E-state index contributed by atoms with van der Waals surface area (Å²) in [6.45, 7) is 4.16. The smallest absolute Gasteiger partial charge is 0.164 e. The molecule has 2 nitrogen and oxygen atoms in total. The topological polar surface area (TPSA) is 30.0 Å². The molecule has 1 aromatic rings. The molecule has 0 aliphatic carbocycles. The number of nitrogens with zero attached hydrogens (tertiary/aromatic N) is 1. The fourth-order valence-corrected chi connectivity index (χ4v) is 1.78. The van der Waals surface area contributed by atoms with E-state index in [0.29, 0.717) is 6.42 Å². The summed E-state index contributed by atoms with van der Waals surface area (Å²) < 4.78 is 0. The SMILES string of the molecule is CCCCCCCC(=O)c1cnccc1C. The molecule has 0 saturated heterocycles. The van der Waals surface area contributed by atoms with Gasteiger partial charge in [0, 0.05) is 24.4 Å². The lowest BCUT2D eigenvalue weighted by molar-refractivity contribution is 0.0978. The van der Waals surface area contributed by atoms with Crippen molar-refractivity contribution in [1.29, 1.82) is 0 Å². The summed E-state index contributed by atoms with van der Waals surface area (Å²) in [6, 6.07) is 1.89. The van der Waals surface area contributed by atoms with Gasteiger partial charge in [0.15, 0.2) is 5.78 Å². The van der Waals surface area contributed by atoms with Crippen LogP contribution in [-0.2, 0) is 0 Å². The second-order valence-corrected chi connectivity index (χ2v) is 4.28. The molecule has 0 unspecified atom stereocenters. The molecule has 2 heteroatoms. The van der Waals surface area contributed by atoms with Gasteiger partial charge in [0.1, 0.15) is 0 Å². The molecule has 0 amide bonds. The number of carbonyl (C=O) groups excluding carboxylic acids is 1. The van der Waals surface area contributed by atoms with Crippen LogP contribution in [0, 0.1) is 6.92 Å². The molecule has 0 atom stereocenters. The van der Waals surface area contributed by atoms with Gasteiger partial charge >= 0.3 is 0 Å². The van der Waals surface area contributed by atoms with Gasteiger partial charge in [-0.1, -0.05) is 32.6 Å². The number of aryl methyl sites for hydroxylation is 1. The minimum absolute atomic E-state index is 0.238. The number of hydrogen-bond donors (Lipinski definition) is 0. The van der Waals surface area contributed by atoms with Gasteiger partial charge in [-0.25, -0.2) is 0 Å². The maximum Gasteiger partial charge on any atom is 0.164 e. The number of carbonyl (C=O) groups is 1. The lowest BCUT2D eigenvalue weighted by Gasteiger charge is -2.03. The Morgan fingerprint density at radius 1 is 1.25 bits per heavy atom. The molecule has 0 radical (unpaired) electrons. The van der Waals surface area contributed by atoms with Gasteiger partial charge in [-0.15, -0.1) is 0 Å². The van der Waals surface area contributed by atoms with Gasteiger partial charge in [-0.3, -0.25) is 9.78 Å². The highest BCUT2D eigenvalue weighted by atomic mass is 16.1. The molecule has 1 heterocycles. The first-order chi connectivity index (χ1) is 7.75. The van der Waals surface area contributed by atoms with E-state index in [1.54, 1.807) is 12.4 Å². The van der Waals surface area contributed by atoms with E-state index in [9.17, 15) is 4.79 Å². The van der Waals surface area contributed by atoms with Crippen LogP contribution >= 0.6 is 0 Å². The van der Waals surface area contributed by atoms with Crippen LogP contribution < -0.4 is 0 Å². The van der Waals surface area contributed by atoms with Crippen molar-refractivity contribution in [2.75, 3.05) is 0 Å². The zero-order valence-corrected chi connectivity index (χ0v) is 10.3. The van der Waals surface area contributed by atoms with E-state index in [2.05, 4.69) is 11.9 Å². The third kappa shape index (κ3) is 4.13. The first-order valence-corrected chi connectivity index (χ1v) is 6.19. The molecule has 0 aromatic carbocycles. The zero-order valence-electron chi connectivity index (χ0n) is 10.3. The molecular formula is C14H21NO. The van der Waals surface area contributed by atoms with Crippen molar-refractivity contribution in [2.45, 2.75) is 52.4 Å². The van der Waals surface area contributed by atoms with Crippen molar-refractivity contribution in [1.82, 2.24) is 4.98 Å². The molecule has 1 aromatic heterocycles. The number of Topliss-reactive ketones (excluding diaryl/α,β-unsaturated/α-hetero) is 1. The highest BCUT2D eigenvalue weighted by Crippen LogP contribution is 2.12. The number of pyridine rings is 1. The number of ketones is 1. The maximum atomic E-state index is 11.9. The Balaban J connectivity index is 2.33. The van der Waals surface area contributed by atoms with E-state index in [4.69, 9.17) is 0 Å². The summed E-state index contributed by atoms with van der Waals surface area (Å²) in [7, 11) is 0. The van der Waals surface area contributed by atoms with E-state index >= 15 is 0 Å². The van der Waals surface area contributed by atoms with Crippen LogP contribution in [0.2, 0.25) is 0 Å². The lowest BCUT2D eigenvalue weighted by Crippen LogP contribution is -2.02. The van der Waals surface area contributed by atoms with Gasteiger partial charge in [-0.2, -0.15) is 0 Å². The second kappa shape index (κ2) is 7.15. The molecule has 0 aliphatic heterocycles. The molecule has 0 bridgehead atoms. The summed E-state index contributed by atoms with van der Waals surface area (Å²) in [5.41, 5.74) is 1.83. The Labute approximate surface area is 98.1 Å². The van der Waals surface area contributed by atoms with Gasteiger partial charge in [0.25, 0.3) is 0 Å². The lowest BCUT2D eigenvalue weighted by atomic mass is 10.0. The molecule has 16 heavy (non-hydrogen) atoms. The predicted molar refractivity (Wildman–Crippen MR) is 66.7 cm³/mol. The van der Waals surface area contributed by atoms with Gasteiger partial charge in [-0.05, 0) is 25.0 Å². The van der Waals surface area contributed by atoms with Crippen LogP contribution in [0.25, 0.3) is 0 Å². The van der Waals surface area contributed by atoms with E-state index in [1.165, 1.54) is 25.7 Å². The van der Waals surface area contributed by atoms with Crippen molar-refractivity contribution >= 4 is 5.78 Å². The number of unbranched alkanes of at least 4 members (excludes halogenated alkanes) is 4. The Kier molecular flexibility index (Phi) is 5.76. The molecule has 88 valence electrons. The fraction of sp³-hybridized carbons (Fsp3) is 0.571. The molecular weight excluding hydrogens is 198 g/mol. The fourth-order valence-electron chi connectivity index (χ4n) is 1.78. The summed E-state index contributed by atoms with van der Waals surface area (Å²) in [5, 5.41) is 0. The maximum absolute atomic E-state index is 11.9. The van der Waals surface area contributed by atoms with Crippen LogP contribution in [0.1, 0.15) is 61.4 Å². The second-order valence-electron chi connectivity index (χ2n) is 4.28. The Hall–Kier alpha value is -1.18. The number of rotatable bonds is 7. The minimum Gasteiger partial charge on any atom is -0.294 e. The van der Waals surface area contributed by atoms with E-state index in [0.717, 1.165) is 17.5 Å². The van der Waals surface area contributed by atoms with Crippen LogP contribution in [0.3, 0.4) is 0 Å². The van der Waals surface area contributed by atoms with E-state index in [-0.39, 0.29) is 5.78 Å². The average molecular weight is 219 g/mol. The van der Waals surface area contributed by atoms with E-state index in [1.807, 2.05) is 13.0 Å². The van der Waals surface area contributed by atoms with Crippen LogP contribution in [0.15, 0.2) is 18.5 Å². The Bertz CT molecular complexity index is 333. The van der Waals surface area contributed by atoms with Crippen LogP contribution in [0.5, 0.6) is 0 Å². The van der Waals surface area contributed by atoms with Gasteiger partial charge < -0.3 is 0 Å². The van der Waals surface area contributed by atoms with E-state index < -0.39 is 0 Å². The summed E-state index contributed by atoms with van der Waals surface area (Å²) >= 11 is 0. The molecule has 0 spiro atoms.